The molecule has 0 unspecified atom stereocenters. The molecule has 1 aromatic heterocycles. The van der Waals surface area contributed by atoms with Crippen LogP contribution in [0.4, 0.5) is 0 Å². The molecule has 3 amide bonds. The number of para-hydroxylation sites is 1. The lowest BCUT2D eigenvalue weighted by atomic mass is 10.2. The standard InChI is InChI=1S/C21H26N4O5S/c26-19(22-16-7-12-31(29,30)14-16)5-6-20(27)24-8-10-25(11-9-24)21(28)18-13-15-3-1-2-4-17(15)23-18/h1-4,13,16,23H,5-12,14H2,(H,22,26)/t16-/m1/s1. The molecule has 0 saturated carbocycles. The van der Waals surface area contributed by atoms with E-state index >= 15 is 0 Å². The number of carbonyl (C=O) groups is 3. The Bertz CT molecular complexity index is 1070. The fraction of sp³-hybridized carbons (Fsp3) is 0.476. The molecule has 10 heteroatoms. The molecule has 2 saturated heterocycles. The number of hydrogen-bond donors (Lipinski definition) is 2. The second-order valence-corrected chi connectivity index (χ2v) is 10.3. The number of aromatic amines is 1. The van der Waals surface area contributed by atoms with Crippen LogP contribution < -0.4 is 5.32 Å². The number of sulfone groups is 1. The van der Waals surface area contributed by atoms with Gasteiger partial charge in [-0.05, 0) is 18.6 Å². The molecule has 2 aromatic rings. The van der Waals surface area contributed by atoms with E-state index in [1.54, 1.807) is 9.80 Å². The van der Waals surface area contributed by atoms with Crippen molar-refractivity contribution in [1.82, 2.24) is 20.1 Å². The Morgan fingerprint density at radius 3 is 2.42 bits per heavy atom. The number of amides is 3. The van der Waals surface area contributed by atoms with Crippen molar-refractivity contribution >= 4 is 38.5 Å². The van der Waals surface area contributed by atoms with Crippen molar-refractivity contribution in [3.05, 3.63) is 36.0 Å². The lowest BCUT2D eigenvalue weighted by molar-refractivity contribution is -0.135. The fourth-order valence-electron chi connectivity index (χ4n) is 4.11. The largest absolute Gasteiger partial charge is 0.352 e. The van der Waals surface area contributed by atoms with E-state index in [1.807, 2.05) is 30.3 Å². The highest BCUT2D eigenvalue weighted by Crippen LogP contribution is 2.17. The molecule has 2 aliphatic heterocycles. The van der Waals surface area contributed by atoms with Gasteiger partial charge in [-0.25, -0.2) is 8.42 Å². The Kier molecular flexibility index (Phi) is 5.99. The summed E-state index contributed by atoms with van der Waals surface area (Å²) in [5.41, 5.74) is 1.44. The lowest BCUT2D eigenvalue weighted by Crippen LogP contribution is -2.50. The summed E-state index contributed by atoms with van der Waals surface area (Å²) in [6.07, 6.45) is 0.527. The van der Waals surface area contributed by atoms with Crippen molar-refractivity contribution < 1.29 is 22.8 Å². The molecule has 0 bridgehead atoms. The normalized spacial score (nSPS) is 20.7. The summed E-state index contributed by atoms with van der Waals surface area (Å²) in [6, 6.07) is 9.18. The number of piperazine rings is 1. The minimum atomic E-state index is -3.05. The number of nitrogens with one attached hydrogen (secondary N) is 2. The van der Waals surface area contributed by atoms with Crippen molar-refractivity contribution in [1.29, 1.82) is 0 Å². The van der Waals surface area contributed by atoms with E-state index in [1.165, 1.54) is 0 Å². The minimum Gasteiger partial charge on any atom is -0.352 e. The second kappa shape index (κ2) is 8.70. The Labute approximate surface area is 180 Å². The number of aromatic nitrogens is 1. The summed E-state index contributed by atoms with van der Waals surface area (Å²) in [5, 5.41) is 3.68. The molecule has 2 aliphatic rings. The number of hydrogen-bond acceptors (Lipinski definition) is 5. The first-order valence-electron chi connectivity index (χ1n) is 10.5. The highest BCUT2D eigenvalue weighted by atomic mass is 32.2. The first kappa shape index (κ1) is 21.4. The molecule has 1 atom stereocenters. The maximum absolute atomic E-state index is 12.8. The van der Waals surface area contributed by atoms with Crippen LogP contribution in [-0.4, -0.2) is 84.6 Å². The van der Waals surface area contributed by atoms with Crippen LogP contribution in [0.25, 0.3) is 10.9 Å². The van der Waals surface area contributed by atoms with E-state index in [4.69, 9.17) is 0 Å². The van der Waals surface area contributed by atoms with Crippen LogP contribution in [0.15, 0.2) is 30.3 Å². The summed E-state index contributed by atoms with van der Waals surface area (Å²) in [7, 11) is -3.05. The summed E-state index contributed by atoms with van der Waals surface area (Å²) in [6.45, 7) is 1.72. The first-order chi connectivity index (χ1) is 14.8. The Morgan fingerprint density at radius 1 is 1.03 bits per heavy atom. The van der Waals surface area contributed by atoms with Crippen LogP contribution in [0.1, 0.15) is 29.8 Å². The molecular formula is C21H26N4O5S. The zero-order valence-electron chi connectivity index (χ0n) is 17.2. The predicted octanol–water partition coefficient (Wildman–Crippen LogP) is 0.536. The molecule has 4 rings (SSSR count). The van der Waals surface area contributed by atoms with Gasteiger partial charge in [0.25, 0.3) is 5.91 Å². The molecule has 9 nitrogen and oxygen atoms in total. The SMILES string of the molecule is O=C(CCC(=O)N1CCN(C(=O)c2cc3ccccc3[nH]2)CC1)N[C@@H]1CCS(=O)(=O)C1. The van der Waals surface area contributed by atoms with E-state index in [9.17, 15) is 22.8 Å². The van der Waals surface area contributed by atoms with Crippen molar-refractivity contribution in [3.8, 4) is 0 Å². The smallest absolute Gasteiger partial charge is 0.270 e. The molecule has 0 radical (unpaired) electrons. The van der Waals surface area contributed by atoms with Crippen LogP contribution in [0, 0.1) is 0 Å². The Hall–Kier alpha value is -2.88. The minimum absolute atomic E-state index is 0.0287. The van der Waals surface area contributed by atoms with Gasteiger partial charge in [0.2, 0.25) is 11.8 Å². The van der Waals surface area contributed by atoms with Gasteiger partial charge < -0.3 is 20.1 Å². The van der Waals surface area contributed by atoms with E-state index in [0.717, 1.165) is 10.9 Å². The fourth-order valence-corrected chi connectivity index (χ4v) is 5.78. The van der Waals surface area contributed by atoms with Gasteiger partial charge in [0, 0.05) is 56.0 Å². The van der Waals surface area contributed by atoms with Crippen molar-refractivity contribution in [2.24, 2.45) is 0 Å². The third kappa shape index (κ3) is 5.07. The maximum atomic E-state index is 12.8. The molecule has 0 spiro atoms. The average molecular weight is 447 g/mol. The lowest BCUT2D eigenvalue weighted by Gasteiger charge is -2.34. The van der Waals surface area contributed by atoms with Crippen LogP contribution in [0.3, 0.4) is 0 Å². The van der Waals surface area contributed by atoms with Crippen LogP contribution in [0.2, 0.25) is 0 Å². The third-order valence-electron chi connectivity index (χ3n) is 5.84. The van der Waals surface area contributed by atoms with Crippen molar-refractivity contribution in [2.45, 2.75) is 25.3 Å². The van der Waals surface area contributed by atoms with Gasteiger partial charge in [-0.2, -0.15) is 0 Å². The number of fused-ring (bicyclic) bond motifs is 1. The number of H-pyrrole nitrogens is 1. The van der Waals surface area contributed by atoms with Crippen LogP contribution >= 0.6 is 0 Å². The highest BCUT2D eigenvalue weighted by Gasteiger charge is 2.29. The zero-order chi connectivity index (χ0) is 22.0. The first-order valence-corrected chi connectivity index (χ1v) is 12.3. The quantitative estimate of drug-likeness (QED) is 0.695. The zero-order valence-corrected chi connectivity index (χ0v) is 18.0. The molecule has 2 N–H and O–H groups in total. The molecule has 31 heavy (non-hydrogen) atoms. The van der Waals surface area contributed by atoms with Crippen molar-refractivity contribution in [2.75, 3.05) is 37.7 Å². The maximum Gasteiger partial charge on any atom is 0.270 e. The third-order valence-corrected chi connectivity index (χ3v) is 7.61. The average Bonchev–Trinajstić information content (AvgIpc) is 3.34. The van der Waals surface area contributed by atoms with Gasteiger partial charge in [-0.3, -0.25) is 14.4 Å². The van der Waals surface area contributed by atoms with Gasteiger partial charge >= 0.3 is 0 Å². The van der Waals surface area contributed by atoms with E-state index in [0.29, 0.717) is 38.3 Å². The number of rotatable bonds is 5. The topological polar surface area (TPSA) is 120 Å². The van der Waals surface area contributed by atoms with Gasteiger partial charge in [0.05, 0.1) is 11.5 Å². The van der Waals surface area contributed by atoms with Gasteiger partial charge in [-0.1, -0.05) is 18.2 Å². The predicted molar refractivity (Wildman–Crippen MR) is 115 cm³/mol. The highest BCUT2D eigenvalue weighted by molar-refractivity contribution is 7.91. The summed E-state index contributed by atoms with van der Waals surface area (Å²) >= 11 is 0. The summed E-state index contributed by atoms with van der Waals surface area (Å²) in [5.74, 6) is -0.457. The molecule has 166 valence electrons. The molecular weight excluding hydrogens is 420 g/mol. The molecule has 2 fully saturated rings. The summed E-state index contributed by atoms with van der Waals surface area (Å²) < 4.78 is 22.9. The van der Waals surface area contributed by atoms with E-state index in [2.05, 4.69) is 10.3 Å². The van der Waals surface area contributed by atoms with Crippen LogP contribution in [0.5, 0.6) is 0 Å². The number of benzene rings is 1. The second-order valence-electron chi connectivity index (χ2n) is 8.11. The van der Waals surface area contributed by atoms with Gasteiger partial charge in [0.1, 0.15) is 5.69 Å². The Balaban J connectivity index is 1.22. The van der Waals surface area contributed by atoms with Crippen LogP contribution in [-0.2, 0) is 19.4 Å². The summed E-state index contributed by atoms with van der Waals surface area (Å²) in [4.78, 5) is 43.8. The molecule has 0 aliphatic carbocycles. The number of nitrogens with zero attached hydrogens (tertiary/aromatic N) is 2. The van der Waals surface area contributed by atoms with Gasteiger partial charge in [-0.15, -0.1) is 0 Å². The molecule has 1 aromatic carbocycles. The number of carbonyl (C=O) groups excluding carboxylic acids is 3. The Morgan fingerprint density at radius 2 is 1.74 bits per heavy atom. The van der Waals surface area contributed by atoms with Crippen molar-refractivity contribution in [3.63, 3.8) is 0 Å². The molecule has 3 heterocycles. The monoisotopic (exact) mass is 446 g/mol. The van der Waals surface area contributed by atoms with E-state index in [-0.39, 0.29) is 48.1 Å². The van der Waals surface area contributed by atoms with Gasteiger partial charge in [0.15, 0.2) is 9.84 Å². The van der Waals surface area contributed by atoms with E-state index < -0.39 is 9.84 Å².